The van der Waals surface area contributed by atoms with Crippen LogP contribution in [-0.4, -0.2) is 42.4 Å². The first-order chi connectivity index (χ1) is 10.1. The fourth-order valence-electron chi connectivity index (χ4n) is 2.66. The fourth-order valence-corrected chi connectivity index (χ4v) is 2.66. The molecule has 5 nitrogen and oxygen atoms in total. The molecule has 2 amide bonds. The standard InChI is InChI=1S/C16H23N3O2/c1-3-19-10-4-5-14(19)11-17-15(20)16(21)18-13-8-6-12(2)7-9-13/h6-9,14H,3-5,10-11H2,1-2H3,(H,17,20)(H,18,21). The van der Waals surface area contributed by atoms with Crippen molar-refractivity contribution in [2.75, 3.05) is 25.0 Å². The maximum Gasteiger partial charge on any atom is 0.313 e. The Bertz CT molecular complexity index is 499. The Morgan fingerprint density at radius 1 is 1.24 bits per heavy atom. The molecule has 0 bridgehead atoms. The Labute approximate surface area is 125 Å². The Hall–Kier alpha value is -1.88. The Morgan fingerprint density at radius 2 is 1.95 bits per heavy atom. The monoisotopic (exact) mass is 289 g/mol. The summed E-state index contributed by atoms with van der Waals surface area (Å²) < 4.78 is 0. The van der Waals surface area contributed by atoms with E-state index in [4.69, 9.17) is 0 Å². The van der Waals surface area contributed by atoms with Gasteiger partial charge in [0.2, 0.25) is 0 Å². The van der Waals surface area contributed by atoms with Gasteiger partial charge in [-0.2, -0.15) is 0 Å². The molecule has 2 N–H and O–H groups in total. The SMILES string of the molecule is CCN1CCCC1CNC(=O)C(=O)Nc1ccc(C)cc1. The van der Waals surface area contributed by atoms with E-state index in [0.29, 0.717) is 18.3 Å². The Kier molecular flexibility index (Phi) is 5.33. The summed E-state index contributed by atoms with van der Waals surface area (Å²) in [5.41, 5.74) is 1.75. The van der Waals surface area contributed by atoms with Gasteiger partial charge in [-0.1, -0.05) is 24.6 Å². The number of rotatable bonds is 4. The molecule has 1 aromatic carbocycles. The van der Waals surface area contributed by atoms with E-state index in [1.807, 2.05) is 19.1 Å². The summed E-state index contributed by atoms with van der Waals surface area (Å²) in [4.78, 5) is 26.0. The number of carbonyl (C=O) groups is 2. The maximum absolute atomic E-state index is 11.8. The van der Waals surface area contributed by atoms with Gasteiger partial charge in [0.1, 0.15) is 0 Å². The van der Waals surface area contributed by atoms with Gasteiger partial charge in [-0.25, -0.2) is 0 Å². The van der Waals surface area contributed by atoms with Gasteiger partial charge in [-0.3, -0.25) is 14.5 Å². The number of hydrogen-bond acceptors (Lipinski definition) is 3. The summed E-state index contributed by atoms with van der Waals surface area (Å²) in [6.07, 6.45) is 2.23. The Morgan fingerprint density at radius 3 is 2.62 bits per heavy atom. The highest BCUT2D eigenvalue weighted by atomic mass is 16.2. The van der Waals surface area contributed by atoms with E-state index in [1.54, 1.807) is 12.1 Å². The zero-order chi connectivity index (χ0) is 15.2. The van der Waals surface area contributed by atoms with Gasteiger partial charge in [0.25, 0.3) is 0 Å². The highest BCUT2D eigenvalue weighted by Gasteiger charge is 2.24. The van der Waals surface area contributed by atoms with Crippen LogP contribution in [-0.2, 0) is 9.59 Å². The van der Waals surface area contributed by atoms with Crippen molar-refractivity contribution in [2.45, 2.75) is 32.7 Å². The molecule has 1 aliphatic heterocycles. The van der Waals surface area contributed by atoms with Crippen LogP contribution in [0.15, 0.2) is 24.3 Å². The lowest BCUT2D eigenvalue weighted by Crippen LogP contribution is -2.43. The first-order valence-corrected chi connectivity index (χ1v) is 7.50. The summed E-state index contributed by atoms with van der Waals surface area (Å²) in [6.45, 7) is 6.68. The van der Waals surface area contributed by atoms with Crippen molar-refractivity contribution in [1.29, 1.82) is 0 Å². The minimum Gasteiger partial charge on any atom is -0.346 e. The number of carbonyl (C=O) groups excluding carboxylic acids is 2. The zero-order valence-corrected chi connectivity index (χ0v) is 12.7. The molecule has 21 heavy (non-hydrogen) atoms. The summed E-state index contributed by atoms with van der Waals surface area (Å²) in [5.74, 6) is -1.18. The third-order valence-corrected chi connectivity index (χ3v) is 3.92. The average molecular weight is 289 g/mol. The predicted molar refractivity (Wildman–Crippen MR) is 83.1 cm³/mol. The van der Waals surface area contributed by atoms with Crippen LogP contribution in [0.4, 0.5) is 5.69 Å². The van der Waals surface area contributed by atoms with Crippen LogP contribution in [0, 0.1) is 6.92 Å². The van der Waals surface area contributed by atoms with Crippen LogP contribution in [0.25, 0.3) is 0 Å². The molecule has 2 rings (SSSR count). The smallest absolute Gasteiger partial charge is 0.313 e. The van der Waals surface area contributed by atoms with Gasteiger partial charge in [-0.05, 0) is 45.0 Å². The van der Waals surface area contributed by atoms with E-state index in [-0.39, 0.29) is 0 Å². The molecule has 1 aliphatic rings. The predicted octanol–water partition coefficient (Wildman–Crippen LogP) is 1.53. The van der Waals surface area contributed by atoms with Crippen LogP contribution >= 0.6 is 0 Å². The molecule has 1 unspecified atom stereocenters. The van der Waals surface area contributed by atoms with Gasteiger partial charge >= 0.3 is 11.8 Å². The van der Waals surface area contributed by atoms with Crippen molar-refractivity contribution in [2.24, 2.45) is 0 Å². The molecular formula is C16H23N3O2. The minimum absolute atomic E-state index is 0.353. The lowest BCUT2D eigenvalue weighted by molar-refractivity contribution is -0.136. The third kappa shape index (κ3) is 4.29. The number of benzene rings is 1. The van der Waals surface area contributed by atoms with Crippen LogP contribution in [0.2, 0.25) is 0 Å². The molecule has 1 atom stereocenters. The molecule has 0 spiro atoms. The molecule has 0 radical (unpaired) electrons. The largest absolute Gasteiger partial charge is 0.346 e. The van der Waals surface area contributed by atoms with Gasteiger partial charge in [0.15, 0.2) is 0 Å². The van der Waals surface area contributed by atoms with Gasteiger partial charge < -0.3 is 10.6 Å². The van der Waals surface area contributed by atoms with E-state index in [9.17, 15) is 9.59 Å². The minimum atomic E-state index is -0.611. The normalized spacial score (nSPS) is 18.5. The molecule has 0 saturated carbocycles. The summed E-state index contributed by atoms with van der Waals surface area (Å²) in [6, 6.07) is 7.72. The van der Waals surface area contributed by atoms with Crippen LogP contribution < -0.4 is 10.6 Å². The van der Waals surface area contributed by atoms with Crippen LogP contribution in [0.3, 0.4) is 0 Å². The fraction of sp³-hybridized carbons (Fsp3) is 0.500. The van der Waals surface area contributed by atoms with E-state index < -0.39 is 11.8 Å². The van der Waals surface area contributed by atoms with Gasteiger partial charge in [-0.15, -0.1) is 0 Å². The summed E-state index contributed by atoms with van der Waals surface area (Å²) >= 11 is 0. The van der Waals surface area contributed by atoms with E-state index in [1.165, 1.54) is 0 Å². The van der Waals surface area contributed by atoms with E-state index in [0.717, 1.165) is 31.5 Å². The quantitative estimate of drug-likeness (QED) is 0.826. The third-order valence-electron chi connectivity index (χ3n) is 3.92. The zero-order valence-electron chi connectivity index (χ0n) is 12.7. The number of nitrogens with one attached hydrogen (secondary N) is 2. The highest BCUT2D eigenvalue weighted by Crippen LogP contribution is 2.15. The number of anilines is 1. The Balaban J connectivity index is 1.80. The summed E-state index contributed by atoms with van der Waals surface area (Å²) in [7, 11) is 0. The van der Waals surface area contributed by atoms with Crippen molar-refractivity contribution < 1.29 is 9.59 Å². The van der Waals surface area contributed by atoms with Gasteiger partial charge in [0.05, 0.1) is 0 Å². The molecular weight excluding hydrogens is 266 g/mol. The van der Waals surface area contributed by atoms with Crippen molar-refractivity contribution in [1.82, 2.24) is 10.2 Å². The van der Waals surface area contributed by atoms with E-state index >= 15 is 0 Å². The second-order valence-electron chi connectivity index (χ2n) is 5.45. The molecule has 0 aromatic heterocycles. The maximum atomic E-state index is 11.8. The van der Waals surface area contributed by atoms with Crippen LogP contribution in [0.1, 0.15) is 25.3 Å². The van der Waals surface area contributed by atoms with E-state index in [2.05, 4.69) is 22.5 Å². The molecule has 114 valence electrons. The molecule has 1 aromatic rings. The molecule has 5 heteroatoms. The second-order valence-corrected chi connectivity index (χ2v) is 5.45. The first kappa shape index (κ1) is 15.5. The molecule has 1 fully saturated rings. The number of aryl methyl sites for hydroxylation is 1. The van der Waals surface area contributed by atoms with Crippen molar-refractivity contribution in [3.63, 3.8) is 0 Å². The number of likely N-dealkylation sites (tertiary alicyclic amines) is 1. The topological polar surface area (TPSA) is 61.4 Å². The lowest BCUT2D eigenvalue weighted by atomic mass is 10.2. The lowest BCUT2D eigenvalue weighted by Gasteiger charge is -2.22. The highest BCUT2D eigenvalue weighted by molar-refractivity contribution is 6.39. The molecule has 1 saturated heterocycles. The van der Waals surface area contributed by atoms with Crippen LogP contribution in [0.5, 0.6) is 0 Å². The first-order valence-electron chi connectivity index (χ1n) is 7.50. The van der Waals surface area contributed by atoms with Crippen molar-refractivity contribution >= 4 is 17.5 Å². The van der Waals surface area contributed by atoms with Gasteiger partial charge in [0, 0.05) is 18.3 Å². The molecule has 0 aliphatic carbocycles. The second kappa shape index (κ2) is 7.22. The van der Waals surface area contributed by atoms with Crippen molar-refractivity contribution in [3.8, 4) is 0 Å². The number of hydrogen-bond donors (Lipinski definition) is 2. The average Bonchev–Trinajstić information content (AvgIpc) is 2.94. The number of likely N-dealkylation sites (N-methyl/N-ethyl adjacent to an activating group) is 1. The molecule has 1 heterocycles. The summed E-state index contributed by atoms with van der Waals surface area (Å²) in [5, 5.41) is 5.33. The number of amides is 2. The van der Waals surface area contributed by atoms with Crippen molar-refractivity contribution in [3.05, 3.63) is 29.8 Å². The number of nitrogens with zero attached hydrogens (tertiary/aromatic N) is 1.